The largest absolute Gasteiger partial charge is 0.496 e. The van der Waals surface area contributed by atoms with Crippen molar-refractivity contribution in [3.63, 3.8) is 0 Å². The zero-order valence-electron chi connectivity index (χ0n) is 35.7. The number of rotatable bonds is 13. The number of fused-ring (bicyclic) bond motifs is 2. The molecule has 0 aliphatic carbocycles. The number of halogens is 9. The van der Waals surface area contributed by atoms with E-state index < -0.39 is 83.2 Å². The lowest BCUT2D eigenvalue weighted by Crippen LogP contribution is -2.52. The molecule has 4 aromatic carbocycles. The van der Waals surface area contributed by atoms with E-state index in [0.29, 0.717) is 0 Å². The van der Waals surface area contributed by atoms with E-state index in [1.807, 2.05) is 0 Å². The molecule has 2 atom stereocenters. The summed E-state index contributed by atoms with van der Waals surface area (Å²) in [5.74, 6) is -1.75. The van der Waals surface area contributed by atoms with E-state index in [-0.39, 0.29) is 56.5 Å². The molecule has 6 aromatic rings. The number of nitrogens with zero attached hydrogens (tertiary/aromatic N) is 2. The molecule has 0 amide bonds. The average Bonchev–Trinajstić information content (AvgIpc) is 3.20. The highest BCUT2D eigenvalue weighted by molar-refractivity contribution is 5.79. The highest BCUT2D eigenvalue weighted by Crippen LogP contribution is 2.46. The number of benzene rings is 4. The smallest absolute Gasteiger partial charge is 0.418 e. The Balaban J connectivity index is 0.000000241. The van der Waals surface area contributed by atoms with E-state index in [4.69, 9.17) is 9.47 Å². The highest BCUT2D eigenvalue weighted by Gasteiger charge is 2.57. The second-order valence-electron chi connectivity index (χ2n) is 16.9. The van der Waals surface area contributed by atoms with Crippen molar-refractivity contribution in [2.45, 2.75) is 94.9 Å². The lowest BCUT2D eigenvalue weighted by atomic mass is 9.74. The molecule has 64 heavy (non-hydrogen) atoms. The van der Waals surface area contributed by atoms with Crippen molar-refractivity contribution >= 4 is 21.8 Å². The zero-order valence-corrected chi connectivity index (χ0v) is 35.7. The first kappa shape index (κ1) is 49.2. The van der Waals surface area contributed by atoms with E-state index >= 15 is 0 Å². The summed E-state index contributed by atoms with van der Waals surface area (Å²) in [5, 5.41) is 22.0. The number of pyridine rings is 2. The maximum Gasteiger partial charge on any atom is 0.418 e. The average molecular weight is 907 g/mol. The van der Waals surface area contributed by atoms with Crippen LogP contribution in [0.5, 0.6) is 11.5 Å². The van der Waals surface area contributed by atoms with E-state index in [1.54, 1.807) is 19.1 Å². The highest BCUT2D eigenvalue weighted by atomic mass is 19.4. The lowest BCUT2D eigenvalue weighted by molar-refractivity contribution is -0.271. The van der Waals surface area contributed by atoms with Crippen LogP contribution in [-0.4, -0.2) is 56.6 Å². The summed E-state index contributed by atoms with van der Waals surface area (Å²) in [6.07, 6.45) is -9.50. The van der Waals surface area contributed by atoms with Crippen LogP contribution in [0.4, 0.5) is 39.5 Å². The summed E-state index contributed by atoms with van der Waals surface area (Å²) in [6.45, 7) is 5.91. The van der Waals surface area contributed by atoms with Crippen LogP contribution in [0.25, 0.3) is 21.8 Å². The van der Waals surface area contributed by atoms with Crippen molar-refractivity contribution in [3.05, 3.63) is 152 Å². The monoisotopic (exact) mass is 906 g/mol. The van der Waals surface area contributed by atoms with Crippen LogP contribution in [0, 0.1) is 17.5 Å². The molecule has 0 fully saturated rings. The number of methoxy groups -OCH3 is 1. The van der Waals surface area contributed by atoms with E-state index in [9.17, 15) is 59.3 Å². The Bertz CT molecular complexity index is 2750. The van der Waals surface area contributed by atoms with Crippen molar-refractivity contribution in [2.75, 3.05) is 13.7 Å². The van der Waals surface area contributed by atoms with Crippen LogP contribution >= 0.6 is 0 Å². The standard InChI is InChI=1S/C24H25F4NO3.C23H22F5NO3/c1-4-32-21-10-9-16(25)13-18(21)22(2,3)14-23(31,24(26,27)28)15-29-12-11-20(30)17-7-5-6-8-19(17)29;1-21(2,16-11-14(24)7-8-19(16)32-3)12-22(31,23(26,27)28)13-29-10-9-18(30)15-5-4-6-17(25)20(15)29/h5-13,31H,4,14-15H2,1-3H3;4-11,31H,12-13H2,1-3H3. The molecule has 0 aliphatic rings. The molecule has 0 saturated heterocycles. The van der Waals surface area contributed by atoms with Crippen LogP contribution in [0.3, 0.4) is 0 Å². The Morgan fingerprint density at radius 3 is 1.59 bits per heavy atom. The number of para-hydroxylation sites is 2. The fourth-order valence-corrected chi connectivity index (χ4v) is 8.09. The van der Waals surface area contributed by atoms with Gasteiger partial charge in [-0.3, -0.25) is 9.59 Å². The van der Waals surface area contributed by atoms with Crippen LogP contribution in [0.1, 0.15) is 58.6 Å². The van der Waals surface area contributed by atoms with Gasteiger partial charge in [-0.2, -0.15) is 26.3 Å². The SMILES string of the molecule is CCOc1ccc(F)cc1C(C)(C)CC(O)(Cn1ccc(=O)c2ccccc21)C(F)(F)F.COc1ccc(F)cc1C(C)(C)CC(O)(Cn1ccc(=O)c2cccc(F)c21)C(F)(F)F. The maximum absolute atomic E-state index is 14.5. The quantitative estimate of drug-likeness (QED) is 0.112. The van der Waals surface area contributed by atoms with E-state index in [1.165, 1.54) is 94.1 Å². The second-order valence-corrected chi connectivity index (χ2v) is 16.9. The Morgan fingerprint density at radius 2 is 1.06 bits per heavy atom. The maximum atomic E-state index is 14.5. The molecule has 2 aromatic heterocycles. The minimum Gasteiger partial charge on any atom is -0.496 e. The van der Waals surface area contributed by atoms with Gasteiger partial charge in [-0.15, -0.1) is 0 Å². The number of aliphatic hydroxyl groups is 2. The first-order valence-electron chi connectivity index (χ1n) is 19.9. The Labute approximate surface area is 362 Å². The molecule has 2 N–H and O–H groups in total. The summed E-state index contributed by atoms with van der Waals surface area (Å²) >= 11 is 0. The molecule has 17 heteroatoms. The summed E-state index contributed by atoms with van der Waals surface area (Å²) in [6, 6.07) is 19.2. The van der Waals surface area contributed by atoms with Crippen LogP contribution < -0.4 is 20.3 Å². The summed E-state index contributed by atoms with van der Waals surface area (Å²) < 4.78 is 140. The third kappa shape index (κ3) is 10.4. The Kier molecular flexibility index (Phi) is 14.1. The van der Waals surface area contributed by atoms with Gasteiger partial charge in [0, 0.05) is 46.4 Å². The second kappa shape index (κ2) is 18.4. The molecule has 8 nitrogen and oxygen atoms in total. The summed E-state index contributed by atoms with van der Waals surface area (Å²) in [5.41, 5.74) is -9.78. The molecule has 2 unspecified atom stereocenters. The van der Waals surface area contributed by atoms with Crippen molar-refractivity contribution in [2.24, 2.45) is 0 Å². The Morgan fingerprint density at radius 1 is 0.594 bits per heavy atom. The normalized spacial score (nSPS) is 14.4. The van der Waals surface area contributed by atoms with Crippen molar-refractivity contribution < 1.29 is 59.2 Å². The zero-order chi connectivity index (χ0) is 47.6. The van der Waals surface area contributed by atoms with Gasteiger partial charge in [0.1, 0.15) is 29.0 Å². The fourth-order valence-electron chi connectivity index (χ4n) is 8.09. The van der Waals surface area contributed by atoms with Crippen molar-refractivity contribution in [1.29, 1.82) is 0 Å². The van der Waals surface area contributed by atoms with Gasteiger partial charge >= 0.3 is 12.4 Å². The van der Waals surface area contributed by atoms with Gasteiger partial charge in [0.05, 0.1) is 37.8 Å². The molecular weight excluding hydrogens is 860 g/mol. The number of hydrogen-bond acceptors (Lipinski definition) is 6. The fraction of sp³-hybridized carbons (Fsp3) is 0.362. The van der Waals surface area contributed by atoms with Gasteiger partial charge < -0.3 is 28.8 Å². The molecule has 0 spiro atoms. The van der Waals surface area contributed by atoms with Gasteiger partial charge in [0.25, 0.3) is 0 Å². The summed E-state index contributed by atoms with van der Waals surface area (Å²) in [4.78, 5) is 24.1. The molecule has 0 aliphatic heterocycles. The molecule has 0 saturated carbocycles. The van der Waals surface area contributed by atoms with Gasteiger partial charge in [-0.05, 0) is 91.3 Å². The van der Waals surface area contributed by atoms with E-state index in [0.717, 1.165) is 41.1 Å². The molecule has 0 radical (unpaired) electrons. The first-order valence-corrected chi connectivity index (χ1v) is 19.9. The minimum atomic E-state index is -5.12. The van der Waals surface area contributed by atoms with Crippen molar-refractivity contribution in [3.8, 4) is 11.5 Å². The molecule has 0 bridgehead atoms. The molecule has 344 valence electrons. The third-order valence-electron chi connectivity index (χ3n) is 11.1. The molecular formula is C47H47F9N2O6. The van der Waals surface area contributed by atoms with Gasteiger partial charge in [0.2, 0.25) is 0 Å². The van der Waals surface area contributed by atoms with Crippen LogP contribution in [0.2, 0.25) is 0 Å². The minimum absolute atomic E-state index is 0.108. The summed E-state index contributed by atoms with van der Waals surface area (Å²) in [7, 11) is 1.30. The van der Waals surface area contributed by atoms with Crippen molar-refractivity contribution in [1.82, 2.24) is 9.13 Å². The number of aromatic nitrogens is 2. The predicted octanol–water partition coefficient (Wildman–Crippen LogP) is 10.2. The number of alkyl halides is 6. The number of hydrogen-bond donors (Lipinski definition) is 2. The van der Waals surface area contributed by atoms with Crippen LogP contribution in [-0.2, 0) is 23.9 Å². The van der Waals surface area contributed by atoms with Gasteiger partial charge in [-0.1, -0.05) is 45.9 Å². The molecule has 2 heterocycles. The predicted molar refractivity (Wildman–Crippen MR) is 224 cm³/mol. The van der Waals surface area contributed by atoms with E-state index in [2.05, 4.69) is 0 Å². The molecule has 6 rings (SSSR count). The number of ether oxygens (including phenoxy) is 2. The Hall–Kier alpha value is -5.81. The first-order chi connectivity index (χ1) is 29.7. The van der Waals surface area contributed by atoms with Crippen LogP contribution in [0.15, 0.2) is 113 Å². The third-order valence-corrected chi connectivity index (χ3v) is 11.1. The van der Waals surface area contributed by atoms with Gasteiger partial charge in [0.15, 0.2) is 22.1 Å². The topological polar surface area (TPSA) is 103 Å². The van der Waals surface area contributed by atoms with Gasteiger partial charge in [-0.25, -0.2) is 13.2 Å². The lowest BCUT2D eigenvalue weighted by Gasteiger charge is -2.39.